The topological polar surface area (TPSA) is 63.5 Å². The van der Waals surface area contributed by atoms with Gasteiger partial charge in [0.05, 0.1) is 11.1 Å². The van der Waals surface area contributed by atoms with E-state index >= 15 is 0 Å². The molecule has 0 aliphatic heterocycles. The van der Waals surface area contributed by atoms with Crippen LogP contribution in [0.3, 0.4) is 0 Å². The number of nitrogens with zero attached hydrogens (tertiary/aromatic N) is 2. The average molecular weight is 406 g/mol. The molecule has 2 aromatic carbocycles. The molecule has 124 valence electrons. The normalized spacial score (nSPS) is 12.1. The van der Waals surface area contributed by atoms with E-state index in [1.165, 1.54) is 12.1 Å². The molecule has 0 aliphatic carbocycles. The van der Waals surface area contributed by atoms with Crippen molar-refractivity contribution in [1.82, 2.24) is 9.40 Å². The zero-order valence-corrected chi connectivity index (χ0v) is 15.6. The molecule has 0 spiro atoms. The van der Waals surface area contributed by atoms with Crippen molar-refractivity contribution in [3.05, 3.63) is 64.3 Å². The summed E-state index contributed by atoms with van der Waals surface area (Å²) in [6.45, 7) is 1.98. The lowest BCUT2D eigenvalue weighted by atomic mass is 10.1. The summed E-state index contributed by atoms with van der Waals surface area (Å²) in [6.07, 6.45) is 1.55. The summed E-state index contributed by atoms with van der Waals surface area (Å²) in [5.74, 6) is 0. The first-order chi connectivity index (χ1) is 11.4. The molecule has 0 bridgehead atoms. The Balaban J connectivity index is 1.90. The Morgan fingerprint density at radius 1 is 1.12 bits per heavy atom. The van der Waals surface area contributed by atoms with Crippen LogP contribution < -0.4 is 4.83 Å². The van der Waals surface area contributed by atoms with E-state index < -0.39 is 10.0 Å². The van der Waals surface area contributed by atoms with E-state index in [0.29, 0.717) is 0 Å². The maximum Gasteiger partial charge on any atom is 0.276 e. The van der Waals surface area contributed by atoms with Crippen molar-refractivity contribution in [2.75, 3.05) is 0 Å². The minimum atomic E-state index is -3.68. The lowest BCUT2D eigenvalue weighted by molar-refractivity contribution is 0.584. The van der Waals surface area contributed by atoms with Gasteiger partial charge in [-0.15, -0.1) is 0 Å². The van der Waals surface area contributed by atoms with Gasteiger partial charge in [-0.1, -0.05) is 34.1 Å². The van der Waals surface area contributed by atoms with E-state index in [2.05, 4.69) is 30.4 Å². The van der Waals surface area contributed by atoms with Crippen LogP contribution in [0.5, 0.6) is 0 Å². The minimum Gasteiger partial charge on any atom is -0.347 e. The lowest BCUT2D eigenvalue weighted by Gasteiger charge is -2.03. The molecular formula is C17H16BrN3O2S. The predicted molar refractivity (Wildman–Crippen MR) is 99.7 cm³/mol. The highest BCUT2D eigenvalue weighted by molar-refractivity contribution is 9.10. The molecule has 0 fully saturated rings. The number of halogens is 1. The molecule has 0 unspecified atom stereocenters. The van der Waals surface area contributed by atoms with Crippen molar-refractivity contribution in [2.24, 2.45) is 12.1 Å². The van der Waals surface area contributed by atoms with E-state index in [9.17, 15) is 8.42 Å². The molecule has 0 radical (unpaired) electrons. The Kier molecular flexibility index (Phi) is 4.47. The molecule has 3 rings (SSSR count). The number of sulfonamides is 1. The van der Waals surface area contributed by atoms with Gasteiger partial charge in [0.25, 0.3) is 10.0 Å². The second-order valence-corrected chi connectivity index (χ2v) is 7.96. The summed E-state index contributed by atoms with van der Waals surface area (Å²) in [6, 6.07) is 14.3. The number of aromatic nitrogens is 1. The van der Waals surface area contributed by atoms with Gasteiger partial charge in [0.15, 0.2) is 0 Å². The number of para-hydroxylation sites is 1. The van der Waals surface area contributed by atoms with Crippen LogP contribution in [0, 0.1) is 6.92 Å². The molecule has 1 heterocycles. The van der Waals surface area contributed by atoms with Gasteiger partial charge in [0.1, 0.15) is 0 Å². The molecule has 1 N–H and O–H groups in total. The van der Waals surface area contributed by atoms with Crippen LogP contribution in [-0.4, -0.2) is 19.2 Å². The Labute approximate surface area is 149 Å². The van der Waals surface area contributed by atoms with Crippen molar-refractivity contribution in [1.29, 1.82) is 0 Å². The molecule has 3 aromatic rings. The van der Waals surface area contributed by atoms with Crippen LogP contribution in [0.2, 0.25) is 0 Å². The van der Waals surface area contributed by atoms with E-state index in [-0.39, 0.29) is 4.90 Å². The Bertz CT molecular complexity index is 1020. The standard InChI is InChI=1S/C17H16BrN3O2S/c1-12-16(15-5-3-4-6-17(15)21(12)2)11-19-20-24(22,23)14-9-7-13(18)8-10-14/h3-11,20H,1-2H3/b19-11+. The fourth-order valence-electron chi connectivity index (χ4n) is 2.54. The summed E-state index contributed by atoms with van der Waals surface area (Å²) in [4.78, 5) is 2.43. The van der Waals surface area contributed by atoms with Gasteiger partial charge in [0.2, 0.25) is 0 Å². The van der Waals surface area contributed by atoms with Gasteiger partial charge >= 0.3 is 0 Å². The van der Waals surface area contributed by atoms with Gasteiger partial charge in [0, 0.05) is 33.7 Å². The van der Waals surface area contributed by atoms with Crippen LogP contribution in [0.15, 0.2) is 63.0 Å². The summed E-state index contributed by atoms with van der Waals surface area (Å²) >= 11 is 3.28. The third kappa shape index (κ3) is 3.09. The van der Waals surface area contributed by atoms with Gasteiger partial charge in [-0.2, -0.15) is 13.5 Å². The molecule has 0 amide bonds. The smallest absolute Gasteiger partial charge is 0.276 e. The fraction of sp³-hybridized carbons (Fsp3) is 0.118. The molecule has 24 heavy (non-hydrogen) atoms. The Morgan fingerprint density at radius 3 is 2.50 bits per heavy atom. The summed E-state index contributed by atoms with van der Waals surface area (Å²) in [5.41, 5.74) is 2.99. The number of aryl methyl sites for hydroxylation is 1. The van der Waals surface area contributed by atoms with Crippen LogP contribution in [-0.2, 0) is 17.1 Å². The first kappa shape index (κ1) is 16.7. The quantitative estimate of drug-likeness (QED) is 0.532. The van der Waals surface area contributed by atoms with Crippen LogP contribution >= 0.6 is 15.9 Å². The van der Waals surface area contributed by atoms with Crippen LogP contribution in [0.25, 0.3) is 10.9 Å². The first-order valence-corrected chi connectivity index (χ1v) is 9.52. The van der Waals surface area contributed by atoms with Crippen molar-refractivity contribution in [3.8, 4) is 0 Å². The number of benzene rings is 2. The maximum absolute atomic E-state index is 12.2. The van der Waals surface area contributed by atoms with Crippen molar-refractivity contribution in [2.45, 2.75) is 11.8 Å². The first-order valence-electron chi connectivity index (χ1n) is 7.24. The number of hydrogen-bond donors (Lipinski definition) is 1. The highest BCUT2D eigenvalue weighted by atomic mass is 79.9. The molecule has 0 aliphatic rings. The second kappa shape index (κ2) is 6.41. The Morgan fingerprint density at radius 2 is 1.79 bits per heavy atom. The molecule has 0 saturated heterocycles. The van der Waals surface area contributed by atoms with Crippen molar-refractivity contribution < 1.29 is 8.42 Å². The summed E-state index contributed by atoms with van der Waals surface area (Å²) in [7, 11) is -1.71. The fourth-order valence-corrected chi connectivity index (χ4v) is 3.60. The minimum absolute atomic E-state index is 0.164. The summed E-state index contributed by atoms with van der Waals surface area (Å²) in [5, 5.41) is 4.98. The largest absolute Gasteiger partial charge is 0.347 e. The van der Waals surface area contributed by atoms with Gasteiger partial charge < -0.3 is 4.57 Å². The van der Waals surface area contributed by atoms with Gasteiger partial charge in [-0.3, -0.25) is 0 Å². The highest BCUT2D eigenvalue weighted by Gasteiger charge is 2.13. The third-order valence-electron chi connectivity index (χ3n) is 3.94. The van der Waals surface area contributed by atoms with Gasteiger partial charge in [-0.05, 0) is 37.3 Å². The van der Waals surface area contributed by atoms with E-state index in [0.717, 1.165) is 26.6 Å². The van der Waals surface area contributed by atoms with Crippen molar-refractivity contribution in [3.63, 3.8) is 0 Å². The van der Waals surface area contributed by atoms with E-state index in [4.69, 9.17) is 0 Å². The second-order valence-electron chi connectivity index (χ2n) is 5.38. The number of fused-ring (bicyclic) bond motifs is 1. The summed E-state index contributed by atoms with van der Waals surface area (Å²) < 4.78 is 27.4. The molecule has 5 nitrogen and oxygen atoms in total. The average Bonchev–Trinajstić information content (AvgIpc) is 2.80. The van der Waals surface area contributed by atoms with E-state index in [1.54, 1.807) is 18.3 Å². The molecular weight excluding hydrogens is 390 g/mol. The number of hydrogen-bond acceptors (Lipinski definition) is 3. The molecule has 0 saturated carbocycles. The predicted octanol–water partition coefficient (Wildman–Crippen LogP) is 3.56. The number of nitrogens with one attached hydrogen (secondary N) is 1. The number of rotatable bonds is 4. The van der Waals surface area contributed by atoms with Crippen LogP contribution in [0.1, 0.15) is 11.3 Å². The monoisotopic (exact) mass is 405 g/mol. The zero-order chi connectivity index (χ0) is 17.3. The molecule has 7 heteroatoms. The number of hydrazone groups is 1. The molecule has 0 atom stereocenters. The van der Waals surface area contributed by atoms with E-state index in [1.807, 2.05) is 38.2 Å². The van der Waals surface area contributed by atoms with Crippen molar-refractivity contribution >= 4 is 43.1 Å². The lowest BCUT2D eigenvalue weighted by Crippen LogP contribution is -2.18. The Hall–Kier alpha value is -2.12. The van der Waals surface area contributed by atoms with Crippen LogP contribution in [0.4, 0.5) is 0 Å². The van der Waals surface area contributed by atoms with Gasteiger partial charge in [-0.25, -0.2) is 4.83 Å². The molecule has 1 aromatic heterocycles. The third-order valence-corrected chi connectivity index (χ3v) is 5.71. The zero-order valence-electron chi connectivity index (χ0n) is 13.2. The SMILES string of the molecule is Cc1c(/C=N/NS(=O)(=O)c2ccc(Br)cc2)c2ccccc2n1C. The maximum atomic E-state index is 12.2. The highest BCUT2D eigenvalue weighted by Crippen LogP contribution is 2.23.